The number of allylic oxidation sites excluding steroid dienone is 1. The molecule has 0 heterocycles. The molecule has 2 rings (SSSR count). The molecule has 0 radical (unpaired) electrons. The number of carboxylic acids is 1. The summed E-state index contributed by atoms with van der Waals surface area (Å²) in [6.07, 6.45) is 6.76. The molecule has 2 heteroatoms. The van der Waals surface area contributed by atoms with Gasteiger partial charge in [-0.05, 0) is 49.7 Å². The number of unbranched alkanes of at least 4 members (excludes halogenated alkanes) is 1. The monoisotopic (exact) mass is 244 g/mol. The van der Waals surface area contributed by atoms with Gasteiger partial charge in [-0.25, -0.2) is 0 Å². The smallest absolute Gasteiger partial charge is 0.309 e. The van der Waals surface area contributed by atoms with Gasteiger partial charge in [0.25, 0.3) is 0 Å². The normalized spacial score (nSPS) is 22.2. The van der Waals surface area contributed by atoms with Crippen molar-refractivity contribution in [2.24, 2.45) is 5.41 Å². The Kier molecular flexibility index (Phi) is 3.85. The van der Waals surface area contributed by atoms with Gasteiger partial charge in [0.15, 0.2) is 0 Å². The van der Waals surface area contributed by atoms with Crippen molar-refractivity contribution in [1.29, 1.82) is 0 Å². The zero-order chi connectivity index (χ0) is 13.0. The van der Waals surface area contributed by atoms with E-state index in [-0.39, 0.29) is 0 Å². The first-order valence-corrected chi connectivity index (χ1v) is 6.59. The van der Waals surface area contributed by atoms with Crippen LogP contribution in [-0.4, -0.2) is 11.1 Å². The van der Waals surface area contributed by atoms with Crippen molar-refractivity contribution >= 4 is 5.97 Å². The van der Waals surface area contributed by atoms with Crippen LogP contribution in [-0.2, 0) is 17.6 Å². The van der Waals surface area contributed by atoms with Crippen molar-refractivity contribution in [1.82, 2.24) is 0 Å². The highest BCUT2D eigenvalue weighted by Crippen LogP contribution is 2.39. The minimum Gasteiger partial charge on any atom is -0.481 e. The molecule has 1 atom stereocenters. The van der Waals surface area contributed by atoms with Crippen LogP contribution in [0.15, 0.2) is 36.9 Å². The molecule has 1 aliphatic carbocycles. The van der Waals surface area contributed by atoms with Gasteiger partial charge in [-0.15, -0.1) is 6.58 Å². The molecule has 0 saturated heterocycles. The average molecular weight is 244 g/mol. The summed E-state index contributed by atoms with van der Waals surface area (Å²) in [5.41, 5.74) is 1.97. The van der Waals surface area contributed by atoms with Crippen LogP contribution in [0.25, 0.3) is 0 Å². The molecule has 18 heavy (non-hydrogen) atoms. The van der Waals surface area contributed by atoms with E-state index in [1.165, 1.54) is 11.1 Å². The molecule has 1 aromatic rings. The standard InChI is InChI=1S/C16H20O2/c1-2-3-6-10-16(15(17)18)11-9-13-7-4-5-8-14(13)12-16/h2,4-5,7-8H,1,3,6,9-12H2,(H,17,18). The topological polar surface area (TPSA) is 37.3 Å². The molecular formula is C16H20O2. The summed E-state index contributed by atoms with van der Waals surface area (Å²) < 4.78 is 0. The summed E-state index contributed by atoms with van der Waals surface area (Å²) >= 11 is 0. The van der Waals surface area contributed by atoms with E-state index < -0.39 is 11.4 Å². The van der Waals surface area contributed by atoms with Crippen LogP contribution in [0.1, 0.15) is 36.8 Å². The third-order valence-corrected chi connectivity index (χ3v) is 4.04. The molecule has 1 aliphatic rings. The quantitative estimate of drug-likeness (QED) is 0.634. The van der Waals surface area contributed by atoms with Gasteiger partial charge in [-0.1, -0.05) is 30.3 Å². The molecule has 0 aliphatic heterocycles. The SMILES string of the molecule is C=CCCCC1(C(=O)O)CCc2ccccc2C1. The molecule has 2 nitrogen and oxygen atoms in total. The van der Waals surface area contributed by atoms with E-state index in [2.05, 4.69) is 18.7 Å². The van der Waals surface area contributed by atoms with Crippen LogP contribution in [0.5, 0.6) is 0 Å². The Morgan fingerprint density at radius 3 is 2.78 bits per heavy atom. The molecular weight excluding hydrogens is 224 g/mol. The summed E-state index contributed by atoms with van der Waals surface area (Å²) in [6.45, 7) is 3.70. The second-order valence-corrected chi connectivity index (χ2v) is 5.21. The summed E-state index contributed by atoms with van der Waals surface area (Å²) in [7, 11) is 0. The highest BCUT2D eigenvalue weighted by Gasteiger charge is 2.40. The molecule has 0 aromatic heterocycles. The number of aliphatic carboxylic acids is 1. The van der Waals surface area contributed by atoms with Gasteiger partial charge in [0, 0.05) is 0 Å². The Bertz CT molecular complexity index is 450. The van der Waals surface area contributed by atoms with Crippen molar-refractivity contribution < 1.29 is 9.90 Å². The molecule has 1 unspecified atom stereocenters. The summed E-state index contributed by atoms with van der Waals surface area (Å²) in [6, 6.07) is 8.22. The number of aryl methyl sites for hydroxylation is 1. The number of benzene rings is 1. The molecule has 1 N–H and O–H groups in total. The highest BCUT2D eigenvalue weighted by atomic mass is 16.4. The second-order valence-electron chi connectivity index (χ2n) is 5.21. The zero-order valence-electron chi connectivity index (χ0n) is 10.7. The predicted octanol–water partition coefficient (Wildman–Crippen LogP) is 3.60. The molecule has 0 bridgehead atoms. The fourth-order valence-electron chi connectivity index (χ4n) is 2.89. The van der Waals surface area contributed by atoms with E-state index >= 15 is 0 Å². The first-order chi connectivity index (χ1) is 8.68. The fraction of sp³-hybridized carbons (Fsp3) is 0.438. The number of fused-ring (bicyclic) bond motifs is 1. The number of carbonyl (C=O) groups is 1. The number of hydrogen-bond donors (Lipinski definition) is 1. The van der Waals surface area contributed by atoms with Gasteiger partial charge in [0.1, 0.15) is 0 Å². The summed E-state index contributed by atoms with van der Waals surface area (Å²) in [5.74, 6) is -0.638. The Balaban J connectivity index is 2.18. The maximum absolute atomic E-state index is 11.7. The first kappa shape index (κ1) is 12.9. The van der Waals surface area contributed by atoms with Crippen molar-refractivity contribution in [3.05, 3.63) is 48.0 Å². The predicted molar refractivity (Wildman–Crippen MR) is 72.6 cm³/mol. The first-order valence-electron chi connectivity index (χ1n) is 6.59. The Labute approximate surface area is 108 Å². The molecule has 0 saturated carbocycles. The van der Waals surface area contributed by atoms with Crippen molar-refractivity contribution in [2.75, 3.05) is 0 Å². The molecule has 0 amide bonds. The third kappa shape index (κ3) is 2.47. The number of rotatable bonds is 5. The Morgan fingerprint density at radius 2 is 2.11 bits per heavy atom. The van der Waals surface area contributed by atoms with Crippen molar-refractivity contribution in [3.63, 3.8) is 0 Å². The van der Waals surface area contributed by atoms with Crippen LogP contribution in [0.4, 0.5) is 0 Å². The lowest BCUT2D eigenvalue weighted by molar-refractivity contribution is -0.150. The number of carboxylic acid groups (broad SMARTS) is 1. The van der Waals surface area contributed by atoms with Gasteiger partial charge in [0.05, 0.1) is 5.41 Å². The van der Waals surface area contributed by atoms with E-state index in [1.54, 1.807) is 0 Å². The lowest BCUT2D eigenvalue weighted by Gasteiger charge is -2.34. The fourth-order valence-corrected chi connectivity index (χ4v) is 2.89. The minimum atomic E-state index is -0.638. The van der Waals surface area contributed by atoms with Crippen LogP contribution >= 0.6 is 0 Å². The molecule has 1 aromatic carbocycles. The van der Waals surface area contributed by atoms with E-state index in [1.807, 2.05) is 18.2 Å². The van der Waals surface area contributed by atoms with Gasteiger partial charge in [-0.2, -0.15) is 0 Å². The van der Waals surface area contributed by atoms with Gasteiger partial charge in [0.2, 0.25) is 0 Å². The second kappa shape index (κ2) is 5.38. The van der Waals surface area contributed by atoms with E-state index in [0.29, 0.717) is 6.42 Å². The van der Waals surface area contributed by atoms with Crippen LogP contribution in [0.3, 0.4) is 0 Å². The average Bonchev–Trinajstić information content (AvgIpc) is 2.38. The number of hydrogen-bond acceptors (Lipinski definition) is 1. The molecule has 96 valence electrons. The zero-order valence-corrected chi connectivity index (χ0v) is 10.7. The maximum atomic E-state index is 11.7. The van der Waals surface area contributed by atoms with E-state index in [4.69, 9.17) is 0 Å². The summed E-state index contributed by atoms with van der Waals surface area (Å²) in [5, 5.41) is 9.59. The Morgan fingerprint density at radius 1 is 1.39 bits per heavy atom. The lowest BCUT2D eigenvalue weighted by atomic mass is 9.69. The highest BCUT2D eigenvalue weighted by molar-refractivity contribution is 5.75. The third-order valence-electron chi connectivity index (χ3n) is 4.04. The van der Waals surface area contributed by atoms with E-state index in [0.717, 1.165) is 32.1 Å². The van der Waals surface area contributed by atoms with Crippen LogP contribution in [0, 0.1) is 5.41 Å². The van der Waals surface area contributed by atoms with E-state index in [9.17, 15) is 9.90 Å². The summed E-state index contributed by atoms with van der Waals surface area (Å²) in [4.78, 5) is 11.7. The van der Waals surface area contributed by atoms with Crippen molar-refractivity contribution in [2.45, 2.75) is 38.5 Å². The van der Waals surface area contributed by atoms with Crippen LogP contribution < -0.4 is 0 Å². The molecule has 0 spiro atoms. The van der Waals surface area contributed by atoms with Gasteiger partial charge >= 0.3 is 5.97 Å². The van der Waals surface area contributed by atoms with Gasteiger partial charge in [-0.3, -0.25) is 4.79 Å². The Hall–Kier alpha value is -1.57. The van der Waals surface area contributed by atoms with Crippen LogP contribution in [0.2, 0.25) is 0 Å². The lowest BCUT2D eigenvalue weighted by Crippen LogP contribution is -2.37. The van der Waals surface area contributed by atoms with Crippen molar-refractivity contribution in [3.8, 4) is 0 Å². The minimum absolute atomic E-state index is 0.558. The van der Waals surface area contributed by atoms with Gasteiger partial charge < -0.3 is 5.11 Å². The largest absolute Gasteiger partial charge is 0.481 e. The maximum Gasteiger partial charge on any atom is 0.309 e. The molecule has 0 fully saturated rings.